The van der Waals surface area contributed by atoms with Crippen LogP contribution in [0.1, 0.15) is 92.9 Å². The van der Waals surface area contributed by atoms with Gasteiger partial charge in [0, 0.05) is 0 Å². The first kappa shape index (κ1) is 25.3. The van der Waals surface area contributed by atoms with Gasteiger partial charge in [0.05, 0.1) is 6.61 Å². The minimum atomic E-state index is -0.563. The molecule has 0 saturated heterocycles. The highest BCUT2D eigenvalue weighted by Crippen LogP contribution is 2.34. The number of rotatable bonds is 15. The van der Waals surface area contributed by atoms with Gasteiger partial charge in [-0.2, -0.15) is 11.8 Å². The van der Waals surface area contributed by atoms with E-state index in [4.69, 9.17) is 4.74 Å². The van der Waals surface area contributed by atoms with Crippen LogP contribution in [0.4, 0.5) is 0 Å². The van der Waals surface area contributed by atoms with E-state index in [9.17, 15) is 4.79 Å². The summed E-state index contributed by atoms with van der Waals surface area (Å²) in [7, 11) is 0. The Hall–Kier alpha value is 0.300. The molecule has 0 aromatic heterocycles. The first-order valence-corrected chi connectivity index (χ1v) is 12.0. The summed E-state index contributed by atoms with van der Waals surface area (Å²) in [6.07, 6.45) is 9.97. The van der Waals surface area contributed by atoms with Crippen LogP contribution in [-0.2, 0) is 9.53 Å². The Morgan fingerprint density at radius 3 is 2.24 bits per heavy atom. The van der Waals surface area contributed by atoms with E-state index in [1.165, 1.54) is 50.0 Å². The van der Waals surface area contributed by atoms with Crippen molar-refractivity contribution in [1.82, 2.24) is 0 Å². The van der Waals surface area contributed by atoms with Crippen molar-refractivity contribution < 1.29 is 9.53 Å². The molecule has 0 radical (unpaired) electrons. The van der Waals surface area contributed by atoms with E-state index in [0.29, 0.717) is 12.0 Å². The molecule has 0 aliphatic heterocycles. The summed E-state index contributed by atoms with van der Waals surface area (Å²) < 4.78 is 4.68. The number of carbonyl (C=O) groups excluding carboxylic acids is 1. The predicted molar refractivity (Wildman–Crippen MR) is 117 cm³/mol. The van der Waals surface area contributed by atoms with Crippen LogP contribution in [0.15, 0.2) is 0 Å². The number of ether oxygens (including phenoxy) is 1. The lowest BCUT2D eigenvalue weighted by atomic mass is 9.74. The van der Waals surface area contributed by atoms with Crippen LogP contribution < -0.4 is 0 Å². The first-order chi connectivity index (χ1) is 11.6. The Labute approximate surface area is 169 Å². The van der Waals surface area contributed by atoms with Gasteiger partial charge in [0.15, 0.2) is 0 Å². The van der Waals surface area contributed by atoms with Gasteiger partial charge in [-0.05, 0) is 68.8 Å². The number of carbonyl (C=O) groups is 1. The number of unbranched alkanes of at least 4 members (excludes halogenated alkanes) is 3. The molecule has 1 atom stereocenters. The lowest BCUT2D eigenvalue weighted by molar-refractivity contribution is -0.145. The summed E-state index contributed by atoms with van der Waals surface area (Å²) in [6, 6.07) is 0. The number of halogens is 1. The van der Waals surface area contributed by atoms with E-state index in [2.05, 4.69) is 55.4 Å². The van der Waals surface area contributed by atoms with Crippen molar-refractivity contribution in [3.8, 4) is 0 Å². The van der Waals surface area contributed by atoms with Gasteiger partial charge < -0.3 is 4.74 Å². The second-order valence-electron chi connectivity index (χ2n) is 8.42. The van der Waals surface area contributed by atoms with Crippen molar-refractivity contribution in [3.05, 3.63) is 0 Å². The number of alkyl halides is 1. The third-order valence-corrected chi connectivity index (χ3v) is 6.53. The summed E-state index contributed by atoms with van der Waals surface area (Å²) in [4.78, 5) is 11.6. The van der Waals surface area contributed by atoms with Gasteiger partial charge >= 0.3 is 5.97 Å². The molecule has 0 aromatic carbocycles. The topological polar surface area (TPSA) is 26.3 Å². The number of thioether (sulfide) groups is 1. The van der Waals surface area contributed by atoms with Crippen molar-refractivity contribution in [2.45, 2.75) is 97.2 Å². The van der Waals surface area contributed by atoms with Gasteiger partial charge in [0.2, 0.25) is 0 Å². The maximum absolute atomic E-state index is 11.6. The first-order valence-electron chi connectivity index (χ1n) is 10.0. The molecule has 0 aliphatic carbocycles. The summed E-state index contributed by atoms with van der Waals surface area (Å²) in [5.74, 6) is 3.21. The fourth-order valence-electron chi connectivity index (χ4n) is 2.87. The largest absolute Gasteiger partial charge is 0.465 e. The molecule has 0 bridgehead atoms. The molecule has 0 heterocycles. The van der Waals surface area contributed by atoms with E-state index in [1.807, 2.05) is 13.8 Å². The zero-order valence-corrected chi connectivity index (χ0v) is 19.9. The van der Waals surface area contributed by atoms with E-state index >= 15 is 0 Å². The third-order valence-electron chi connectivity index (χ3n) is 5.06. The zero-order valence-electron chi connectivity index (χ0n) is 17.5. The zero-order chi connectivity index (χ0) is 19.3. The lowest BCUT2D eigenvalue weighted by Gasteiger charge is -2.31. The van der Waals surface area contributed by atoms with Crippen LogP contribution in [-0.4, -0.2) is 28.4 Å². The molecule has 0 aliphatic rings. The van der Waals surface area contributed by atoms with Crippen LogP contribution in [0.25, 0.3) is 0 Å². The minimum absolute atomic E-state index is 0.167. The Balaban J connectivity index is 3.44. The van der Waals surface area contributed by atoms with E-state index in [0.717, 1.165) is 18.8 Å². The van der Waals surface area contributed by atoms with Crippen molar-refractivity contribution >= 4 is 33.7 Å². The highest BCUT2D eigenvalue weighted by Gasteiger charge is 2.25. The molecule has 0 N–H and O–H groups in total. The van der Waals surface area contributed by atoms with Gasteiger partial charge in [-0.1, -0.05) is 62.9 Å². The SMILES string of the molecule is CCCC(C)(C)C(C)CCCSCCCCCCOC(=O)C(C)(C)Br. The van der Waals surface area contributed by atoms with Crippen molar-refractivity contribution in [1.29, 1.82) is 0 Å². The molecular weight excluding hydrogens is 396 g/mol. The van der Waals surface area contributed by atoms with Gasteiger partial charge in [0.1, 0.15) is 4.32 Å². The van der Waals surface area contributed by atoms with Crippen molar-refractivity contribution in [3.63, 3.8) is 0 Å². The van der Waals surface area contributed by atoms with E-state index < -0.39 is 4.32 Å². The number of esters is 1. The molecule has 25 heavy (non-hydrogen) atoms. The molecule has 150 valence electrons. The Morgan fingerprint density at radius 1 is 1.04 bits per heavy atom. The fourth-order valence-corrected chi connectivity index (χ4v) is 3.97. The lowest BCUT2D eigenvalue weighted by Crippen LogP contribution is -2.26. The summed E-state index contributed by atoms with van der Waals surface area (Å²) in [5.41, 5.74) is 0.493. The van der Waals surface area contributed by atoms with Gasteiger partial charge in [-0.15, -0.1) is 0 Å². The van der Waals surface area contributed by atoms with Gasteiger partial charge in [-0.3, -0.25) is 4.79 Å². The highest BCUT2D eigenvalue weighted by atomic mass is 79.9. The highest BCUT2D eigenvalue weighted by molar-refractivity contribution is 9.10. The van der Waals surface area contributed by atoms with Gasteiger partial charge in [0.25, 0.3) is 0 Å². The molecule has 1 unspecified atom stereocenters. The molecule has 0 fully saturated rings. The van der Waals surface area contributed by atoms with Crippen LogP contribution in [0.3, 0.4) is 0 Å². The average Bonchev–Trinajstić information content (AvgIpc) is 2.51. The molecular formula is C21H41BrO2S. The second kappa shape index (κ2) is 13.5. The van der Waals surface area contributed by atoms with Crippen LogP contribution >= 0.6 is 27.7 Å². The predicted octanol–water partition coefficient (Wildman–Crippen LogP) is 7.24. The maximum Gasteiger partial charge on any atom is 0.322 e. The summed E-state index contributed by atoms with van der Waals surface area (Å²) in [6.45, 7) is 13.7. The molecule has 0 spiro atoms. The second-order valence-corrected chi connectivity index (χ2v) is 11.6. The normalized spacial score (nSPS) is 13.7. The Morgan fingerprint density at radius 2 is 1.64 bits per heavy atom. The van der Waals surface area contributed by atoms with Crippen molar-refractivity contribution in [2.24, 2.45) is 11.3 Å². The molecule has 4 heteroatoms. The monoisotopic (exact) mass is 436 g/mol. The average molecular weight is 438 g/mol. The molecule has 0 rings (SSSR count). The summed E-state index contributed by atoms with van der Waals surface area (Å²) in [5, 5.41) is 0. The molecule has 2 nitrogen and oxygen atoms in total. The van der Waals surface area contributed by atoms with Gasteiger partial charge in [-0.25, -0.2) is 0 Å². The third kappa shape index (κ3) is 13.2. The molecule has 0 saturated carbocycles. The van der Waals surface area contributed by atoms with Crippen molar-refractivity contribution in [2.75, 3.05) is 18.1 Å². The maximum atomic E-state index is 11.6. The van der Waals surface area contributed by atoms with Crippen LogP contribution in [0, 0.1) is 11.3 Å². The number of hydrogen-bond acceptors (Lipinski definition) is 3. The summed E-state index contributed by atoms with van der Waals surface area (Å²) >= 11 is 5.42. The molecule has 0 amide bonds. The molecule has 0 aromatic rings. The quantitative estimate of drug-likeness (QED) is 0.153. The Kier molecular flexibility index (Phi) is 13.6. The van der Waals surface area contributed by atoms with Crippen LogP contribution in [0.5, 0.6) is 0 Å². The smallest absolute Gasteiger partial charge is 0.322 e. The Bertz CT molecular complexity index is 350. The van der Waals surface area contributed by atoms with Crippen LogP contribution in [0.2, 0.25) is 0 Å². The minimum Gasteiger partial charge on any atom is -0.465 e. The van der Waals surface area contributed by atoms with E-state index in [1.54, 1.807) is 0 Å². The fraction of sp³-hybridized carbons (Fsp3) is 0.952. The number of hydrogen-bond donors (Lipinski definition) is 0. The van der Waals surface area contributed by atoms with E-state index in [-0.39, 0.29) is 5.97 Å². The standard InChI is InChI=1S/C21H41BrO2S/c1-7-14-20(3,4)18(2)13-12-17-25-16-11-9-8-10-15-24-19(23)21(5,6)22/h18H,7-17H2,1-6H3.